The number of rotatable bonds is 6. The van der Waals surface area contributed by atoms with Crippen molar-refractivity contribution in [2.24, 2.45) is 0 Å². The van der Waals surface area contributed by atoms with Gasteiger partial charge in [-0.3, -0.25) is 9.05 Å². The molecule has 0 aliphatic carbocycles. The van der Waals surface area contributed by atoms with Crippen LogP contribution in [0.15, 0.2) is 33.5 Å². The molecule has 0 amide bonds. The smallest absolute Gasteiger partial charge is 0.380 e. The third-order valence-electron chi connectivity index (χ3n) is 2.71. The van der Waals surface area contributed by atoms with Crippen LogP contribution in [0.2, 0.25) is 0 Å². The summed E-state index contributed by atoms with van der Waals surface area (Å²) in [5.41, 5.74) is 0.959. The maximum Gasteiger partial charge on any atom is 0.380 e. The average molecular weight is 328 g/mol. The van der Waals surface area contributed by atoms with Gasteiger partial charge in [-0.15, -0.1) is 0 Å². The van der Waals surface area contributed by atoms with Crippen molar-refractivity contribution < 1.29 is 18.0 Å². The van der Waals surface area contributed by atoms with Crippen molar-refractivity contribution in [1.82, 2.24) is 0 Å². The summed E-state index contributed by atoms with van der Waals surface area (Å²) < 4.78 is 21.8. The van der Waals surface area contributed by atoms with Crippen LogP contribution in [0.4, 0.5) is 0 Å². The third kappa shape index (κ3) is 3.92. The van der Waals surface area contributed by atoms with Crippen molar-refractivity contribution in [3.05, 3.63) is 40.2 Å². The Hall–Kier alpha value is -1.20. The number of hydrogen-bond acceptors (Lipinski definition) is 6. The Bertz CT molecular complexity index is 730. The molecule has 7 heteroatoms. The highest BCUT2D eigenvalue weighted by Gasteiger charge is 2.21. The van der Waals surface area contributed by atoms with Crippen LogP contribution >= 0.6 is 6.72 Å². The highest BCUT2D eigenvalue weighted by Crippen LogP contribution is 2.50. The minimum absolute atomic E-state index is 0.402. The Labute approximate surface area is 128 Å². The highest BCUT2D eigenvalue weighted by molar-refractivity contribution is 8.07. The summed E-state index contributed by atoms with van der Waals surface area (Å²) in [7, 11) is 0. The predicted molar refractivity (Wildman–Crippen MR) is 85.4 cm³/mol. The second-order valence-electron chi connectivity index (χ2n) is 4.28. The van der Waals surface area contributed by atoms with Gasteiger partial charge in [-0.2, -0.15) is 0 Å². The van der Waals surface area contributed by atoms with Crippen molar-refractivity contribution in [1.29, 1.82) is 0 Å². The van der Waals surface area contributed by atoms with Gasteiger partial charge in [0.15, 0.2) is 0 Å². The topological polar surface area (TPSA) is 57.9 Å². The van der Waals surface area contributed by atoms with E-state index in [9.17, 15) is 4.79 Å². The molecule has 0 aliphatic rings. The zero-order valence-corrected chi connectivity index (χ0v) is 13.8. The van der Waals surface area contributed by atoms with Crippen LogP contribution in [-0.2, 0) is 20.9 Å². The first-order valence-corrected chi connectivity index (χ1v) is 9.16. The molecule has 0 unspecified atom stereocenters. The molecule has 2 rings (SSSR count). The first-order valence-electron chi connectivity index (χ1n) is 6.60. The molecule has 0 fully saturated rings. The van der Waals surface area contributed by atoms with E-state index < -0.39 is 12.3 Å². The maximum absolute atomic E-state index is 11.3. The summed E-state index contributed by atoms with van der Waals surface area (Å²) in [4.78, 5) is 11.3. The van der Waals surface area contributed by atoms with Crippen LogP contribution in [0.3, 0.4) is 0 Å². The maximum atomic E-state index is 11.3. The Morgan fingerprint density at radius 1 is 1.19 bits per heavy atom. The van der Waals surface area contributed by atoms with Crippen LogP contribution in [0, 0.1) is 6.92 Å². The lowest BCUT2D eigenvalue weighted by molar-refractivity contribution is 0.218. The molecule has 0 spiro atoms. The van der Waals surface area contributed by atoms with Crippen LogP contribution < -0.4 is 10.1 Å². The van der Waals surface area contributed by atoms with E-state index in [0.717, 1.165) is 10.9 Å². The fourth-order valence-electron chi connectivity index (χ4n) is 1.91. The summed E-state index contributed by atoms with van der Waals surface area (Å²) in [6, 6.07) is 6.56. The first kappa shape index (κ1) is 16.2. The largest absolute Gasteiger partial charge is 0.424 e. The van der Waals surface area contributed by atoms with Gasteiger partial charge in [0.1, 0.15) is 11.3 Å². The molecule has 1 heterocycles. The Kier molecular flexibility index (Phi) is 5.17. The lowest BCUT2D eigenvalue weighted by Crippen LogP contribution is -2.02. The molecule has 21 heavy (non-hydrogen) atoms. The van der Waals surface area contributed by atoms with Gasteiger partial charge in [-0.25, -0.2) is 4.79 Å². The summed E-state index contributed by atoms with van der Waals surface area (Å²) >= 11 is 5.33. The van der Waals surface area contributed by atoms with E-state index in [4.69, 9.17) is 29.8 Å². The zero-order chi connectivity index (χ0) is 15.5. The molecule has 114 valence electrons. The van der Waals surface area contributed by atoms with Gasteiger partial charge in [-0.1, -0.05) is 0 Å². The predicted octanol–water partition coefficient (Wildman–Crippen LogP) is 3.78. The van der Waals surface area contributed by atoms with E-state index in [0.29, 0.717) is 24.5 Å². The molecule has 0 aliphatic heterocycles. The van der Waals surface area contributed by atoms with Gasteiger partial charge in [-0.05, 0) is 38.5 Å². The molecule has 0 saturated carbocycles. The first-order chi connectivity index (χ1) is 9.97. The van der Waals surface area contributed by atoms with Crippen molar-refractivity contribution in [2.75, 3.05) is 13.2 Å². The molecule has 1 aromatic heterocycles. The summed E-state index contributed by atoms with van der Waals surface area (Å²) in [6.07, 6.45) is 0. The average Bonchev–Trinajstić information content (AvgIpc) is 2.38. The quantitative estimate of drug-likeness (QED) is 0.594. The Morgan fingerprint density at radius 2 is 1.86 bits per heavy atom. The minimum Gasteiger partial charge on any atom is -0.424 e. The third-order valence-corrected chi connectivity index (χ3v) is 5.15. The van der Waals surface area contributed by atoms with Gasteiger partial charge < -0.3 is 8.94 Å². The van der Waals surface area contributed by atoms with Gasteiger partial charge in [0, 0.05) is 29.3 Å². The molecule has 0 bridgehead atoms. The van der Waals surface area contributed by atoms with E-state index in [1.165, 1.54) is 6.07 Å². The number of fused-ring (bicyclic) bond motifs is 1. The van der Waals surface area contributed by atoms with Crippen LogP contribution in [-0.4, -0.2) is 13.2 Å². The number of aryl methyl sites for hydroxylation is 1. The molecule has 2 aromatic rings. The fraction of sp³-hybridized carbons (Fsp3) is 0.357. The lowest BCUT2D eigenvalue weighted by atomic mass is 10.1. The fourth-order valence-corrected chi connectivity index (χ4v) is 3.98. The second kappa shape index (κ2) is 6.71. The minimum atomic E-state index is -2.84. The van der Waals surface area contributed by atoms with E-state index in [1.807, 2.05) is 26.8 Å². The molecular weight excluding hydrogens is 311 g/mol. The van der Waals surface area contributed by atoms with Gasteiger partial charge in [0.2, 0.25) is 0 Å². The van der Waals surface area contributed by atoms with E-state index in [-0.39, 0.29) is 0 Å². The van der Waals surface area contributed by atoms with Gasteiger partial charge in [0.25, 0.3) is 0 Å². The van der Waals surface area contributed by atoms with Gasteiger partial charge in [0.05, 0.1) is 13.2 Å². The molecule has 0 saturated heterocycles. The van der Waals surface area contributed by atoms with Crippen LogP contribution in [0.1, 0.15) is 19.4 Å². The normalized spacial score (nSPS) is 11.8. The van der Waals surface area contributed by atoms with Crippen LogP contribution in [0.25, 0.3) is 11.0 Å². The Morgan fingerprint density at radius 3 is 2.48 bits per heavy atom. The molecule has 0 radical (unpaired) electrons. The SMILES string of the molecule is CCOP(=S)(OCC)Oc1cc(C)c2ccc(=O)oc2c1. The summed E-state index contributed by atoms with van der Waals surface area (Å²) in [6.45, 7) is 3.52. The van der Waals surface area contributed by atoms with Crippen LogP contribution in [0.5, 0.6) is 5.75 Å². The molecule has 0 atom stereocenters. The summed E-state index contributed by atoms with van der Waals surface area (Å²) in [5, 5.41) is 0.850. The molecule has 1 aromatic carbocycles. The number of benzene rings is 1. The van der Waals surface area contributed by atoms with E-state index in [2.05, 4.69) is 0 Å². The standard InChI is InChI=1S/C14H17O5PS/c1-4-16-20(21,17-5-2)19-11-8-10(3)12-6-7-14(15)18-13(12)9-11/h6-9H,4-5H2,1-3H3. The van der Waals surface area contributed by atoms with E-state index >= 15 is 0 Å². The zero-order valence-electron chi connectivity index (χ0n) is 12.1. The number of hydrogen-bond donors (Lipinski definition) is 0. The van der Waals surface area contributed by atoms with Crippen molar-refractivity contribution in [2.45, 2.75) is 20.8 Å². The van der Waals surface area contributed by atoms with Gasteiger partial charge >= 0.3 is 12.3 Å². The van der Waals surface area contributed by atoms with E-state index in [1.54, 1.807) is 12.1 Å². The molecular formula is C14H17O5PS. The summed E-state index contributed by atoms with van der Waals surface area (Å²) in [5.74, 6) is 0.472. The lowest BCUT2D eigenvalue weighted by Gasteiger charge is -2.21. The molecule has 5 nitrogen and oxygen atoms in total. The monoisotopic (exact) mass is 328 g/mol. The highest BCUT2D eigenvalue weighted by atomic mass is 32.5. The van der Waals surface area contributed by atoms with Crippen molar-refractivity contribution in [3.63, 3.8) is 0 Å². The van der Waals surface area contributed by atoms with Crippen molar-refractivity contribution in [3.8, 4) is 5.75 Å². The Balaban J connectivity index is 2.42. The molecule has 0 N–H and O–H groups in total. The second-order valence-corrected chi connectivity index (χ2v) is 7.22. The van der Waals surface area contributed by atoms with Crippen molar-refractivity contribution >= 4 is 29.5 Å².